The fourth-order valence-electron chi connectivity index (χ4n) is 4.41. The van der Waals surface area contributed by atoms with E-state index in [0.717, 1.165) is 22.3 Å². The van der Waals surface area contributed by atoms with Crippen molar-refractivity contribution in [2.24, 2.45) is 0 Å². The summed E-state index contributed by atoms with van der Waals surface area (Å²) >= 11 is 0. The second-order valence-corrected chi connectivity index (χ2v) is 9.15. The lowest BCUT2D eigenvalue weighted by Crippen LogP contribution is -2.50. The van der Waals surface area contributed by atoms with E-state index in [1.54, 1.807) is 43.6 Å². The van der Waals surface area contributed by atoms with Gasteiger partial charge < -0.3 is 19.7 Å². The average molecular weight is 524 g/mol. The summed E-state index contributed by atoms with van der Waals surface area (Å²) in [5.41, 5.74) is 3.62. The third-order valence-electron chi connectivity index (χ3n) is 6.49. The summed E-state index contributed by atoms with van der Waals surface area (Å²) < 4.78 is 10.8. The van der Waals surface area contributed by atoms with Crippen LogP contribution in [0.5, 0.6) is 11.5 Å². The molecule has 1 N–H and O–H groups in total. The molecule has 1 aromatic heterocycles. The Bertz CT molecular complexity index is 1350. The highest BCUT2D eigenvalue weighted by Crippen LogP contribution is 2.28. The van der Waals surface area contributed by atoms with Crippen molar-refractivity contribution in [3.63, 3.8) is 0 Å². The molecular formula is C32H33N3O4. The molecule has 39 heavy (non-hydrogen) atoms. The van der Waals surface area contributed by atoms with E-state index in [1.807, 2.05) is 78.9 Å². The standard InChI is InChI=1S/C32H33N3O4/c1-38-29-14-13-27(20-30(29)39-2)21-31(36)35(23-26-11-7-4-8-12-26)28(19-24-9-5-3-6-10-24)32(37)34-22-25-15-17-33-18-16-25/h3-18,20,28H,19,21-23H2,1-2H3,(H,34,37). The molecule has 1 atom stereocenters. The molecule has 4 aromatic rings. The molecule has 0 spiro atoms. The van der Waals surface area contributed by atoms with Crippen molar-refractivity contribution in [1.82, 2.24) is 15.2 Å². The van der Waals surface area contributed by atoms with Crippen LogP contribution in [-0.2, 0) is 35.5 Å². The third-order valence-corrected chi connectivity index (χ3v) is 6.49. The van der Waals surface area contributed by atoms with E-state index in [4.69, 9.17) is 9.47 Å². The quantitative estimate of drug-likeness (QED) is 0.294. The number of aromatic nitrogens is 1. The van der Waals surface area contributed by atoms with Crippen LogP contribution in [0, 0.1) is 0 Å². The number of nitrogens with one attached hydrogen (secondary N) is 1. The lowest BCUT2D eigenvalue weighted by atomic mass is 10.0. The number of amides is 2. The molecule has 7 nitrogen and oxygen atoms in total. The van der Waals surface area contributed by atoms with Crippen LogP contribution in [0.3, 0.4) is 0 Å². The molecule has 0 bridgehead atoms. The van der Waals surface area contributed by atoms with Gasteiger partial charge in [0.05, 0.1) is 20.6 Å². The van der Waals surface area contributed by atoms with E-state index in [0.29, 0.717) is 31.0 Å². The van der Waals surface area contributed by atoms with E-state index >= 15 is 0 Å². The van der Waals surface area contributed by atoms with E-state index in [2.05, 4.69) is 10.3 Å². The monoisotopic (exact) mass is 523 g/mol. The van der Waals surface area contributed by atoms with Crippen molar-refractivity contribution >= 4 is 11.8 Å². The molecule has 0 aliphatic carbocycles. The Kier molecular flexibility index (Phi) is 9.67. The van der Waals surface area contributed by atoms with Gasteiger partial charge in [0.25, 0.3) is 0 Å². The topological polar surface area (TPSA) is 80.8 Å². The molecule has 1 heterocycles. The van der Waals surface area contributed by atoms with Crippen molar-refractivity contribution < 1.29 is 19.1 Å². The molecule has 7 heteroatoms. The summed E-state index contributed by atoms with van der Waals surface area (Å²) in [6.07, 6.45) is 3.87. The highest BCUT2D eigenvalue weighted by Gasteiger charge is 2.30. The second kappa shape index (κ2) is 13.8. The fraction of sp³-hybridized carbons (Fsp3) is 0.219. The fourth-order valence-corrected chi connectivity index (χ4v) is 4.41. The number of nitrogens with zero attached hydrogens (tertiary/aromatic N) is 2. The van der Waals surface area contributed by atoms with Gasteiger partial charge >= 0.3 is 0 Å². The van der Waals surface area contributed by atoms with Crippen molar-refractivity contribution in [3.05, 3.63) is 126 Å². The van der Waals surface area contributed by atoms with Crippen molar-refractivity contribution in [2.75, 3.05) is 14.2 Å². The average Bonchev–Trinajstić information content (AvgIpc) is 2.99. The summed E-state index contributed by atoms with van der Waals surface area (Å²) in [7, 11) is 3.14. The van der Waals surface area contributed by atoms with E-state index in [9.17, 15) is 9.59 Å². The normalized spacial score (nSPS) is 11.3. The minimum atomic E-state index is -0.720. The van der Waals surface area contributed by atoms with Crippen molar-refractivity contribution in [1.29, 1.82) is 0 Å². The molecule has 3 aromatic carbocycles. The molecule has 0 fully saturated rings. The molecule has 0 aliphatic heterocycles. The van der Waals surface area contributed by atoms with Crippen LogP contribution in [0.4, 0.5) is 0 Å². The highest BCUT2D eigenvalue weighted by molar-refractivity contribution is 5.89. The Morgan fingerprint density at radius 2 is 1.41 bits per heavy atom. The zero-order chi connectivity index (χ0) is 27.5. The van der Waals surface area contributed by atoms with Gasteiger partial charge in [0.1, 0.15) is 6.04 Å². The Hall–Kier alpha value is -4.65. The minimum Gasteiger partial charge on any atom is -0.493 e. The molecular weight excluding hydrogens is 490 g/mol. The summed E-state index contributed by atoms with van der Waals surface area (Å²) in [4.78, 5) is 33.4. The van der Waals surface area contributed by atoms with Crippen LogP contribution in [-0.4, -0.2) is 42.0 Å². The van der Waals surface area contributed by atoms with Gasteiger partial charge in [-0.1, -0.05) is 66.7 Å². The van der Waals surface area contributed by atoms with Crippen LogP contribution in [0.25, 0.3) is 0 Å². The van der Waals surface area contributed by atoms with Gasteiger partial charge in [0.15, 0.2) is 11.5 Å². The number of methoxy groups -OCH3 is 2. The first-order chi connectivity index (χ1) is 19.1. The number of carbonyl (C=O) groups excluding carboxylic acids is 2. The molecule has 0 radical (unpaired) electrons. The summed E-state index contributed by atoms with van der Waals surface area (Å²) in [5.74, 6) is 0.763. The van der Waals surface area contributed by atoms with Crippen LogP contribution in [0.1, 0.15) is 22.3 Å². The largest absolute Gasteiger partial charge is 0.493 e. The highest BCUT2D eigenvalue weighted by atomic mass is 16.5. The van der Waals surface area contributed by atoms with Gasteiger partial charge in [-0.3, -0.25) is 14.6 Å². The number of rotatable bonds is 12. The molecule has 0 saturated carbocycles. The van der Waals surface area contributed by atoms with E-state index in [-0.39, 0.29) is 18.2 Å². The van der Waals surface area contributed by atoms with Gasteiger partial charge in [0.2, 0.25) is 11.8 Å². The Morgan fingerprint density at radius 1 is 0.769 bits per heavy atom. The van der Waals surface area contributed by atoms with Gasteiger partial charge in [-0.15, -0.1) is 0 Å². The molecule has 2 amide bonds. The Labute approximate surface area is 229 Å². The third kappa shape index (κ3) is 7.68. The van der Waals surface area contributed by atoms with Crippen molar-refractivity contribution in [3.8, 4) is 11.5 Å². The Balaban J connectivity index is 1.65. The van der Waals surface area contributed by atoms with Gasteiger partial charge in [-0.05, 0) is 46.5 Å². The number of hydrogen-bond donors (Lipinski definition) is 1. The number of benzene rings is 3. The SMILES string of the molecule is COc1ccc(CC(=O)N(Cc2ccccc2)C(Cc2ccccc2)C(=O)NCc2ccncc2)cc1OC. The van der Waals surface area contributed by atoms with Crippen LogP contribution in [0.15, 0.2) is 103 Å². The minimum absolute atomic E-state index is 0.107. The first-order valence-corrected chi connectivity index (χ1v) is 12.8. The van der Waals surface area contributed by atoms with E-state index in [1.165, 1.54) is 0 Å². The predicted octanol–water partition coefficient (Wildman–Crippen LogP) is 4.60. The summed E-state index contributed by atoms with van der Waals surface area (Å²) in [6, 6.07) is 27.9. The molecule has 200 valence electrons. The summed E-state index contributed by atoms with van der Waals surface area (Å²) in [6.45, 7) is 0.642. The van der Waals surface area contributed by atoms with E-state index < -0.39 is 6.04 Å². The number of pyridine rings is 1. The molecule has 4 rings (SSSR count). The second-order valence-electron chi connectivity index (χ2n) is 9.15. The first-order valence-electron chi connectivity index (χ1n) is 12.8. The maximum absolute atomic E-state index is 13.9. The maximum Gasteiger partial charge on any atom is 0.243 e. The van der Waals surface area contributed by atoms with Gasteiger partial charge in [-0.2, -0.15) is 0 Å². The number of hydrogen-bond acceptors (Lipinski definition) is 5. The Morgan fingerprint density at radius 3 is 2.05 bits per heavy atom. The zero-order valence-corrected chi connectivity index (χ0v) is 22.2. The van der Waals surface area contributed by atoms with Crippen molar-refractivity contribution in [2.45, 2.75) is 32.0 Å². The predicted molar refractivity (Wildman–Crippen MR) is 150 cm³/mol. The molecule has 0 saturated heterocycles. The number of ether oxygens (including phenoxy) is 2. The van der Waals surface area contributed by atoms with Gasteiger partial charge in [0, 0.05) is 31.9 Å². The number of carbonyl (C=O) groups is 2. The summed E-state index contributed by atoms with van der Waals surface area (Å²) in [5, 5.41) is 3.04. The molecule has 0 aliphatic rings. The first kappa shape index (κ1) is 27.4. The lowest BCUT2D eigenvalue weighted by molar-refractivity contribution is -0.140. The van der Waals surface area contributed by atoms with Gasteiger partial charge in [-0.25, -0.2) is 0 Å². The van der Waals surface area contributed by atoms with Crippen LogP contribution >= 0.6 is 0 Å². The smallest absolute Gasteiger partial charge is 0.243 e. The van der Waals surface area contributed by atoms with Crippen LogP contribution < -0.4 is 14.8 Å². The van der Waals surface area contributed by atoms with Crippen LogP contribution in [0.2, 0.25) is 0 Å². The zero-order valence-electron chi connectivity index (χ0n) is 22.2. The lowest BCUT2D eigenvalue weighted by Gasteiger charge is -2.32. The molecule has 1 unspecified atom stereocenters. The maximum atomic E-state index is 13.9.